The highest BCUT2D eigenvalue weighted by atomic mass is 35.5. The number of methoxy groups -OCH3 is 1. The molecule has 1 aliphatic heterocycles. The first kappa shape index (κ1) is 31.4. The molecule has 0 saturated carbocycles. The zero-order chi connectivity index (χ0) is 30.4. The second-order valence-electron chi connectivity index (χ2n) is 10.6. The summed E-state index contributed by atoms with van der Waals surface area (Å²) < 4.78 is 11.8. The molecule has 42 heavy (non-hydrogen) atoms. The number of urea groups is 1. The molecule has 11 heteroatoms. The minimum atomic E-state index is -0.492. The number of carbonyl (C=O) groups excluding carboxylic acids is 2. The van der Waals surface area contributed by atoms with Crippen LogP contribution in [0.3, 0.4) is 0 Å². The number of ether oxygens (including phenoxy) is 2. The maximum absolute atomic E-state index is 13.7. The lowest BCUT2D eigenvalue weighted by Crippen LogP contribution is -2.49. The highest BCUT2D eigenvalue weighted by Gasteiger charge is 2.34. The normalized spacial score (nSPS) is 17.5. The predicted octanol–water partition coefficient (Wildman–Crippen LogP) is 6.00. The maximum atomic E-state index is 13.7. The summed E-state index contributed by atoms with van der Waals surface area (Å²) in [6.07, 6.45) is -0.356. The summed E-state index contributed by atoms with van der Waals surface area (Å²) in [4.78, 5) is 30.5. The molecule has 0 radical (unpaired) electrons. The van der Waals surface area contributed by atoms with E-state index in [1.165, 1.54) is 0 Å². The van der Waals surface area contributed by atoms with Crippen LogP contribution in [0.25, 0.3) is 0 Å². The fraction of sp³-hybridized carbons (Fsp3) is 0.355. The number of nitrogens with one attached hydrogen (secondary N) is 2. The number of benzene rings is 3. The highest BCUT2D eigenvalue weighted by Crippen LogP contribution is 2.35. The molecule has 3 aromatic carbocycles. The van der Waals surface area contributed by atoms with Gasteiger partial charge in [0.2, 0.25) is 0 Å². The summed E-state index contributed by atoms with van der Waals surface area (Å²) >= 11 is 12.3. The molecule has 0 saturated heterocycles. The van der Waals surface area contributed by atoms with Gasteiger partial charge in [0.25, 0.3) is 5.91 Å². The first-order valence-corrected chi connectivity index (χ1v) is 14.4. The number of carbonyl (C=O) groups is 2. The summed E-state index contributed by atoms with van der Waals surface area (Å²) in [6.45, 7) is 5.14. The SMILES string of the molecule is COc1ccc(NC(=O)Nc2cccc3c2O[C@H](CN(C)Cc2ccc(Cl)c(Cl)c2)[C@@H](C)CN([C@@H](C)CO)C3=O)cc1. The van der Waals surface area contributed by atoms with E-state index < -0.39 is 12.1 Å². The van der Waals surface area contributed by atoms with Crippen molar-refractivity contribution in [2.45, 2.75) is 32.5 Å². The molecule has 0 aliphatic carbocycles. The average Bonchev–Trinajstić information content (AvgIpc) is 2.97. The van der Waals surface area contributed by atoms with Crippen molar-refractivity contribution >= 4 is 46.5 Å². The third-order valence-electron chi connectivity index (χ3n) is 7.22. The van der Waals surface area contributed by atoms with Crippen molar-refractivity contribution in [3.05, 3.63) is 81.8 Å². The Balaban J connectivity index is 1.61. The Morgan fingerprint density at radius 1 is 1.14 bits per heavy atom. The Morgan fingerprint density at radius 3 is 2.55 bits per heavy atom. The van der Waals surface area contributed by atoms with Gasteiger partial charge in [0.1, 0.15) is 11.9 Å². The second kappa shape index (κ2) is 14.1. The van der Waals surface area contributed by atoms with Crippen LogP contribution in [0.5, 0.6) is 11.5 Å². The van der Waals surface area contributed by atoms with E-state index in [-0.39, 0.29) is 30.3 Å². The lowest BCUT2D eigenvalue weighted by atomic mass is 9.99. The minimum absolute atomic E-state index is 0.103. The van der Waals surface area contributed by atoms with E-state index in [1.54, 1.807) is 60.5 Å². The molecular formula is C31H36Cl2N4O5. The van der Waals surface area contributed by atoms with E-state index in [2.05, 4.69) is 15.5 Å². The monoisotopic (exact) mass is 614 g/mol. The number of aliphatic hydroxyl groups excluding tert-OH is 1. The summed E-state index contributed by atoms with van der Waals surface area (Å²) in [5, 5.41) is 16.6. The van der Waals surface area contributed by atoms with Crippen LogP contribution in [0.2, 0.25) is 10.0 Å². The molecule has 9 nitrogen and oxygen atoms in total. The lowest BCUT2D eigenvalue weighted by molar-refractivity contribution is 0.0343. The summed E-state index contributed by atoms with van der Waals surface area (Å²) in [5.74, 6) is 0.569. The van der Waals surface area contributed by atoms with E-state index in [9.17, 15) is 14.7 Å². The van der Waals surface area contributed by atoms with Crippen molar-refractivity contribution in [3.63, 3.8) is 0 Å². The Hall–Kier alpha value is -3.50. The molecule has 0 unspecified atom stereocenters. The summed E-state index contributed by atoms with van der Waals surface area (Å²) in [6, 6.07) is 16.6. The topological polar surface area (TPSA) is 103 Å². The number of nitrogens with zero attached hydrogens (tertiary/aromatic N) is 2. The molecule has 0 spiro atoms. The number of likely N-dealkylation sites (N-methyl/N-ethyl adjacent to an activating group) is 1. The van der Waals surface area contributed by atoms with Crippen LogP contribution in [0, 0.1) is 5.92 Å². The van der Waals surface area contributed by atoms with Crippen LogP contribution in [-0.2, 0) is 6.54 Å². The average molecular weight is 616 g/mol. The van der Waals surface area contributed by atoms with Gasteiger partial charge in [-0.2, -0.15) is 0 Å². The van der Waals surface area contributed by atoms with Crippen LogP contribution in [0.4, 0.5) is 16.2 Å². The van der Waals surface area contributed by atoms with E-state index >= 15 is 0 Å². The number of amides is 3. The Labute approximate surface area is 256 Å². The van der Waals surface area contributed by atoms with Gasteiger partial charge in [-0.15, -0.1) is 0 Å². The number of halogens is 2. The number of hydrogen-bond donors (Lipinski definition) is 3. The van der Waals surface area contributed by atoms with Gasteiger partial charge in [-0.1, -0.05) is 42.3 Å². The Morgan fingerprint density at radius 2 is 1.88 bits per heavy atom. The first-order chi connectivity index (χ1) is 20.1. The van der Waals surface area contributed by atoms with E-state index in [4.69, 9.17) is 32.7 Å². The highest BCUT2D eigenvalue weighted by molar-refractivity contribution is 6.42. The van der Waals surface area contributed by atoms with Gasteiger partial charge in [-0.3, -0.25) is 9.69 Å². The summed E-state index contributed by atoms with van der Waals surface area (Å²) in [5.41, 5.74) is 2.23. The Kier molecular flexibility index (Phi) is 10.6. The molecule has 3 atom stereocenters. The van der Waals surface area contributed by atoms with Gasteiger partial charge in [-0.25, -0.2) is 4.79 Å². The zero-order valence-electron chi connectivity index (χ0n) is 24.1. The lowest BCUT2D eigenvalue weighted by Gasteiger charge is -2.38. The molecule has 1 heterocycles. The zero-order valence-corrected chi connectivity index (χ0v) is 25.6. The van der Waals surface area contributed by atoms with Crippen LogP contribution in [0.1, 0.15) is 29.8 Å². The van der Waals surface area contributed by atoms with Crippen molar-refractivity contribution < 1.29 is 24.2 Å². The molecule has 3 aromatic rings. The van der Waals surface area contributed by atoms with Crippen molar-refractivity contribution in [3.8, 4) is 11.5 Å². The molecule has 0 aromatic heterocycles. The van der Waals surface area contributed by atoms with Crippen LogP contribution >= 0.6 is 23.2 Å². The van der Waals surface area contributed by atoms with Crippen LogP contribution < -0.4 is 20.1 Å². The fourth-order valence-electron chi connectivity index (χ4n) is 4.84. The summed E-state index contributed by atoms with van der Waals surface area (Å²) in [7, 11) is 3.55. The molecule has 3 N–H and O–H groups in total. The third kappa shape index (κ3) is 7.66. The number of para-hydroxylation sites is 1. The Bertz CT molecular complexity index is 1400. The van der Waals surface area contributed by atoms with Crippen molar-refractivity contribution in [2.75, 3.05) is 44.5 Å². The molecule has 0 fully saturated rings. The van der Waals surface area contributed by atoms with Gasteiger partial charge < -0.3 is 30.1 Å². The van der Waals surface area contributed by atoms with Crippen LogP contribution in [-0.4, -0.2) is 72.8 Å². The quantitative estimate of drug-likeness (QED) is 0.273. The maximum Gasteiger partial charge on any atom is 0.323 e. The van der Waals surface area contributed by atoms with Gasteiger partial charge >= 0.3 is 6.03 Å². The predicted molar refractivity (Wildman–Crippen MR) is 166 cm³/mol. The molecule has 4 rings (SSSR count). The van der Waals surface area contributed by atoms with Gasteiger partial charge in [0.15, 0.2) is 5.75 Å². The number of rotatable bonds is 9. The third-order valence-corrected chi connectivity index (χ3v) is 7.95. The minimum Gasteiger partial charge on any atom is -0.497 e. The van der Waals surface area contributed by atoms with Gasteiger partial charge in [0.05, 0.1) is 41.1 Å². The van der Waals surface area contributed by atoms with Crippen molar-refractivity contribution in [1.82, 2.24) is 9.80 Å². The fourth-order valence-corrected chi connectivity index (χ4v) is 5.16. The van der Waals surface area contributed by atoms with E-state index in [0.717, 1.165) is 5.56 Å². The molecule has 224 valence electrons. The number of fused-ring (bicyclic) bond motifs is 1. The number of aliphatic hydroxyl groups is 1. The molecule has 0 bridgehead atoms. The van der Waals surface area contributed by atoms with E-state index in [1.807, 2.05) is 33.0 Å². The molecular weight excluding hydrogens is 579 g/mol. The van der Waals surface area contributed by atoms with Gasteiger partial charge in [0, 0.05) is 31.2 Å². The van der Waals surface area contributed by atoms with Crippen molar-refractivity contribution in [1.29, 1.82) is 0 Å². The largest absolute Gasteiger partial charge is 0.497 e. The standard InChI is InChI=1S/C31H36Cl2N4O5/c1-19-15-37(20(2)18-38)30(39)24-6-5-7-27(35-31(40)34-22-9-11-23(41-4)12-10-22)29(24)42-28(19)17-36(3)16-21-8-13-25(32)26(33)14-21/h5-14,19-20,28,38H,15-18H2,1-4H3,(H2,34,35,40)/t19-,20-,28+/m0/s1. The van der Waals surface area contributed by atoms with Gasteiger partial charge in [-0.05, 0) is 68.1 Å². The smallest absolute Gasteiger partial charge is 0.323 e. The molecule has 3 amide bonds. The second-order valence-corrected chi connectivity index (χ2v) is 11.4. The number of hydrogen-bond acceptors (Lipinski definition) is 6. The number of anilines is 2. The van der Waals surface area contributed by atoms with Crippen LogP contribution in [0.15, 0.2) is 60.7 Å². The first-order valence-electron chi connectivity index (χ1n) is 13.7. The van der Waals surface area contributed by atoms with E-state index in [0.29, 0.717) is 52.4 Å². The molecule has 1 aliphatic rings. The van der Waals surface area contributed by atoms with Crippen molar-refractivity contribution in [2.24, 2.45) is 5.92 Å².